The van der Waals surface area contributed by atoms with Crippen LogP contribution in [0.4, 0.5) is 5.95 Å². The second-order valence-electron chi connectivity index (χ2n) is 6.90. The van der Waals surface area contributed by atoms with Gasteiger partial charge in [-0.25, -0.2) is 9.97 Å². The highest BCUT2D eigenvalue weighted by Gasteiger charge is 2.54. The molecule has 7 nitrogen and oxygen atoms in total. The van der Waals surface area contributed by atoms with E-state index in [1.54, 1.807) is 12.4 Å². The topological polar surface area (TPSA) is 82.4 Å². The third kappa shape index (κ3) is 4.38. The summed E-state index contributed by atoms with van der Waals surface area (Å²) in [6.45, 7) is 11.0. The Balaban J connectivity index is 0.00000127. The van der Waals surface area contributed by atoms with Crippen molar-refractivity contribution < 1.29 is 11.0 Å². The number of hydrogen-bond donors (Lipinski definition) is 0. The molecule has 0 saturated carbocycles. The first-order valence-corrected chi connectivity index (χ1v) is 9.97. The van der Waals surface area contributed by atoms with Crippen LogP contribution in [0.2, 0.25) is 0 Å². The van der Waals surface area contributed by atoms with Crippen LogP contribution in [-0.4, -0.2) is 58.7 Å². The van der Waals surface area contributed by atoms with Gasteiger partial charge in [0.25, 0.3) is 0 Å². The van der Waals surface area contributed by atoms with E-state index in [1.807, 2.05) is 24.8 Å². The van der Waals surface area contributed by atoms with Gasteiger partial charge in [-0.1, -0.05) is 20.8 Å². The molecule has 0 spiro atoms. The van der Waals surface area contributed by atoms with Crippen molar-refractivity contribution in [2.45, 2.75) is 65.0 Å². The number of carbonyl (C=O) groups excluding carboxylic acids is 1. The molecule has 1 amide bonds. The van der Waals surface area contributed by atoms with Crippen molar-refractivity contribution in [2.24, 2.45) is 0 Å². The fourth-order valence-corrected chi connectivity index (χ4v) is 4.01. The summed E-state index contributed by atoms with van der Waals surface area (Å²) < 4.78 is 5.47. The molecule has 0 radical (unpaired) electrons. The smallest absolute Gasteiger partial charge is 0.225 e. The number of carbonyl (C=O) groups is 1. The lowest BCUT2D eigenvalue weighted by Crippen LogP contribution is -2.50. The van der Waals surface area contributed by atoms with Gasteiger partial charge in [0.1, 0.15) is 6.07 Å². The minimum Gasteiger partial charge on any atom is -0.381 e. The van der Waals surface area contributed by atoms with Crippen molar-refractivity contribution in [2.75, 3.05) is 31.2 Å². The molecule has 2 aliphatic heterocycles. The van der Waals surface area contributed by atoms with E-state index in [2.05, 4.69) is 28.7 Å². The Morgan fingerprint density at radius 2 is 2.07 bits per heavy atom. The highest BCUT2D eigenvalue weighted by Crippen LogP contribution is 2.42. The van der Waals surface area contributed by atoms with E-state index in [0.717, 1.165) is 32.4 Å². The molecule has 7 heteroatoms. The molecule has 2 atom stereocenters. The Morgan fingerprint density at radius 3 is 2.70 bits per heavy atom. The monoisotopic (exact) mass is 375 g/mol. The van der Waals surface area contributed by atoms with Crippen LogP contribution in [0.3, 0.4) is 0 Å². The van der Waals surface area contributed by atoms with Gasteiger partial charge in [-0.05, 0) is 26.2 Å². The predicted molar refractivity (Wildman–Crippen MR) is 106 cm³/mol. The summed E-state index contributed by atoms with van der Waals surface area (Å²) in [6.07, 6.45) is 6.35. The standard InChI is InChI=1S/C18H25N5O2.C2H6.H2/c1-3-9-25-10-5-16(24)23-7-4-15-18(23,2)6-8-22(15)17-20-12-14(11-19)13-21-17;1-2;/h12-13,15H,3-10H2,1-2H3;1-2H3;1H/t15-,18-;;/m1../s1. The quantitative estimate of drug-likeness (QED) is 0.711. The van der Waals surface area contributed by atoms with Crippen LogP contribution in [-0.2, 0) is 9.53 Å². The number of rotatable bonds is 6. The summed E-state index contributed by atoms with van der Waals surface area (Å²) >= 11 is 0. The number of aromatic nitrogens is 2. The van der Waals surface area contributed by atoms with Gasteiger partial charge in [-0.15, -0.1) is 0 Å². The number of nitriles is 1. The minimum atomic E-state index is -0.181. The second-order valence-corrected chi connectivity index (χ2v) is 6.90. The maximum atomic E-state index is 12.6. The summed E-state index contributed by atoms with van der Waals surface area (Å²) in [6, 6.07) is 2.26. The van der Waals surface area contributed by atoms with Gasteiger partial charge < -0.3 is 14.5 Å². The fraction of sp³-hybridized carbons (Fsp3) is 0.700. The average molecular weight is 376 g/mol. The maximum absolute atomic E-state index is 12.6. The number of likely N-dealkylation sites (tertiary alicyclic amines) is 1. The van der Waals surface area contributed by atoms with Crippen molar-refractivity contribution >= 4 is 11.9 Å². The molecule has 0 aromatic carbocycles. The zero-order chi connectivity index (χ0) is 19.9. The highest BCUT2D eigenvalue weighted by molar-refractivity contribution is 5.78. The Kier molecular flexibility index (Phi) is 7.55. The van der Waals surface area contributed by atoms with Gasteiger partial charge in [-0.3, -0.25) is 4.79 Å². The second kappa shape index (κ2) is 9.65. The van der Waals surface area contributed by atoms with Crippen LogP contribution in [0, 0.1) is 11.3 Å². The van der Waals surface area contributed by atoms with Crippen LogP contribution in [0.25, 0.3) is 0 Å². The molecular formula is C20H33N5O2. The van der Waals surface area contributed by atoms with Gasteiger partial charge >= 0.3 is 0 Å². The molecule has 0 bridgehead atoms. The Morgan fingerprint density at radius 1 is 1.37 bits per heavy atom. The summed E-state index contributed by atoms with van der Waals surface area (Å²) in [7, 11) is 0. The number of nitrogens with zero attached hydrogens (tertiary/aromatic N) is 5. The zero-order valence-corrected chi connectivity index (χ0v) is 16.9. The molecule has 1 aromatic rings. The molecule has 2 saturated heterocycles. The van der Waals surface area contributed by atoms with Gasteiger partial charge in [0.05, 0.1) is 42.6 Å². The molecule has 0 N–H and O–H groups in total. The highest BCUT2D eigenvalue weighted by atomic mass is 16.5. The van der Waals surface area contributed by atoms with Gasteiger partial charge in [0.15, 0.2) is 0 Å². The van der Waals surface area contributed by atoms with Crippen LogP contribution in [0.5, 0.6) is 0 Å². The molecule has 2 fully saturated rings. The van der Waals surface area contributed by atoms with Gasteiger partial charge in [-0.2, -0.15) is 5.26 Å². The maximum Gasteiger partial charge on any atom is 0.225 e. The Labute approximate surface area is 163 Å². The predicted octanol–water partition coefficient (Wildman–Crippen LogP) is 3.01. The Bertz CT molecular complexity index is 664. The lowest BCUT2D eigenvalue weighted by molar-refractivity contribution is -0.135. The molecule has 150 valence electrons. The van der Waals surface area contributed by atoms with E-state index in [1.165, 1.54) is 0 Å². The van der Waals surface area contributed by atoms with E-state index >= 15 is 0 Å². The number of anilines is 1. The molecule has 3 heterocycles. The van der Waals surface area contributed by atoms with Gasteiger partial charge in [0, 0.05) is 21.1 Å². The minimum absolute atomic E-state index is 0. The lowest BCUT2D eigenvalue weighted by Gasteiger charge is -2.36. The summed E-state index contributed by atoms with van der Waals surface area (Å²) in [4.78, 5) is 25.5. The molecule has 1 aromatic heterocycles. The van der Waals surface area contributed by atoms with Crippen molar-refractivity contribution in [3.05, 3.63) is 18.0 Å². The average Bonchev–Trinajstić information content (AvgIpc) is 3.21. The fourth-order valence-electron chi connectivity index (χ4n) is 4.01. The first-order valence-electron chi connectivity index (χ1n) is 9.97. The van der Waals surface area contributed by atoms with E-state index in [-0.39, 0.29) is 18.9 Å². The molecule has 0 aliphatic carbocycles. The van der Waals surface area contributed by atoms with Crippen LogP contribution < -0.4 is 4.90 Å². The first-order chi connectivity index (χ1) is 13.1. The third-order valence-electron chi connectivity index (χ3n) is 5.33. The van der Waals surface area contributed by atoms with Crippen LogP contribution >= 0.6 is 0 Å². The lowest BCUT2D eigenvalue weighted by atomic mass is 9.93. The normalized spacial score (nSPS) is 23.4. The van der Waals surface area contributed by atoms with E-state index in [9.17, 15) is 4.79 Å². The first kappa shape index (κ1) is 21.1. The molecule has 27 heavy (non-hydrogen) atoms. The van der Waals surface area contributed by atoms with Crippen molar-refractivity contribution in [3.63, 3.8) is 0 Å². The van der Waals surface area contributed by atoms with Crippen molar-refractivity contribution in [3.8, 4) is 6.07 Å². The summed E-state index contributed by atoms with van der Waals surface area (Å²) in [5.74, 6) is 0.817. The number of hydrogen-bond acceptors (Lipinski definition) is 6. The molecule has 3 rings (SSSR count). The van der Waals surface area contributed by atoms with Crippen molar-refractivity contribution in [1.82, 2.24) is 14.9 Å². The summed E-state index contributed by atoms with van der Waals surface area (Å²) in [5.41, 5.74) is 0.278. The van der Waals surface area contributed by atoms with Crippen LogP contribution in [0.15, 0.2) is 12.4 Å². The zero-order valence-electron chi connectivity index (χ0n) is 16.9. The number of amides is 1. The number of ether oxygens (including phenoxy) is 1. The summed E-state index contributed by atoms with van der Waals surface area (Å²) in [5, 5.41) is 8.89. The molecule has 0 unspecified atom stereocenters. The van der Waals surface area contributed by atoms with E-state index in [4.69, 9.17) is 10.00 Å². The number of fused-ring (bicyclic) bond motifs is 1. The van der Waals surface area contributed by atoms with E-state index < -0.39 is 0 Å². The Hall–Kier alpha value is -2.20. The van der Waals surface area contributed by atoms with Gasteiger partial charge in [0.2, 0.25) is 11.9 Å². The largest absolute Gasteiger partial charge is 0.381 e. The third-order valence-corrected chi connectivity index (χ3v) is 5.33. The SMILES string of the molecule is CC.CCCOCCC(=O)N1CC[C@H]2N(c3ncc(C#N)cn3)CC[C@]21C.[HH]. The van der Waals surface area contributed by atoms with Crippen LogP contribution in [0.1, 0.15) is 60.4 Å². The van der Waals surface area contributed by atoms with E-state index in [0.29, 0.717) is 31.1 Å². The molecule has 2 aliphatic rings. The van der Waals surface area contributed by atoms with Crippen molar-refractivity contribution in [1.29, 1.82) is 5.26 Å². The molecular weight excluding hydrogens is 342 g/mol.